The minimum Gasteiger partial charge on any atom is -0.452 e. The summed E-state index contributed by atoms with van der Waals surface area (Å²) in [7, 11) is 0. The number of amides is 2. The molecular formula is C17H19N3O5. The third-order valence-electron chi connectivity index (χ3n) is 3.18. The fourth-order valence-corrected chi connectivity index (χ4v) is 2.02. The molecule has 2 N–H and O–H groups in total. The first kappa shape index (κ1) is 18.2. The Bertz CT molecular complexity index is 767. The number of carbonyl (C=O) groups excluding carboxylic acids is 3. The van der Waals surface area contributed by atoms with Crippen molar-refractivity contribution in [3.8, 4) is 0 Å². The molecule has 1 aromatic carbocycles. The molecule has 2 amide bonds. The lowest BCUT2D eigenvalue weighted by Gasteiger charge is -2.12. The van der Waals surface area contributed by atoms with Crippen molar-refractivity contribution in [2.75, 3.05) is 10.6 Å². The number of hydrogen-bond acceptors (Lipinski definition) is 6. The standard InChI is InChI=1S/C17H19N3O5/c1-10-8-15(20-25-10)19-17(23)11(2)24-16(22)9-13-4-6-14(7-5-13)18-12(3)21/h4-8,11H,9H2,1-3H3,(H,18,21)(H,19,20,23)/t11-/m1/s1. The average molecular weight is 345 g/mol. The van der Waals surface area contributed by atoms with Gasteiger partial charge in [-0.3, -0.25) is 14.4 Å². The number of aromatic nitrogens is 1. The highest BCUT2D eigenvalue weighted by Gasteiger charge is 2.19. The maximum Gasteiger partial charge on any atom is 0.311 e. The smallest absolute Gasteiger partial charge is 0.311 e. The quantitative estimate of drug-likeness (QED) is 0.775. The Balaban J connectivity index is 1.84. The summed E-state index contributed by atoms with van der Waals surface area (Å²) in [6.07, 6.45) is -0.954. The normalized spacial score (nSPS) is 11.5. The zero-order chi connectivity index (χ0) is 18.4. The minimum atomic E-state index is -0.969. The Morgan fingerprint density at radius 3 is 2.44 bits per heavy atom. The summed E-state index contributed by atoms with van der Waals surface area (Å²) in [5.41, 5.74) is 1.35. The van der Waals surface area contributed by atoms with Crippen LogP contribution < -0.4 is 10.6 Å². The fourth-order valence-electron chi connectivity index (χ4n) is 2.02. The third-order valence-corrected chi connectivity index (χ3v) is 3.18. The molecule has 0 unspecified atom stereocenters. The Morgan fingerprint density at radius 2 is 1.88 bits per heavy atom. The van der Waals surface area contributed by atoms with E-state index in [1.165, 1.54) is 13.8 Å². The van der Waals surface area contributed by atoms with E-state index in [4.69, 9.17) is 9.26 Å². The maximum absolute atomic E-state index is 11.9. The van der Waals surface area contributed by atoms with Crippen LogP contribution in [0.1, 0.15) is 25.2 Å². The molecule has 0 aliphatic carbocycles. The Labute approximate surface area is 144 Å². The van der Waals surface area contributed by atoms with Crippen molar-refractivity contribution in [1.29, 1.82) is 0 Å². The summed E-state index contributed by atoms with van der Waals surface area (Å²) in [4.78, 5) is 34.8. The summed E-state index contributed by atoms with van der Waals surface area (Å²) >= 11 is 0. The molecule has 0 aliphatic heterocycles. The molecule has 0 saturated carbocycles. The molecule has 8 nitrogen and oxygen atoms in total. The molecule has 25 heavy (non-hydrogen) atoms. The van der Waals surface area contributed by atoms with Crippen LogP contribution in [-0.2, 0) is 25.5 Å². The van der Waals surface area contributed by atoms with Crippen LogP contribution in [0.15, 0.2) is 34.9 Å². The second kappa shape index (κ2) is 8.09. The molecule has 2 aromatic rings. The summed E-state index contributed by atoms with van der Waals surface area (Å²) < 4.78 is 9.95. The van der Waals surface area contributed by atoms with E-state index in [9.17, 15) is 14.4 Å². The summed E-state index contributed by atoms with van der Waals surface area (Å²) in [6.45, 7) is 4.58. The van der Waals surface area contributed by atoms with Gasteiger partial charge in [0.1, 0.15) is 5.76 Å². The van der Waals surface area contributed by atoms with Crippen molar-refractivity contribution < 1.29 is 23.6 Å². The molecule has 1 atom stereocenters. The van der Waals surface area contributed by atoms with Gasteiger partial charge in [0.15, 0.2) is 11.9 Å². The van der Waals surface area contributed by atoms with Gasteiger partial charge in [0, 0.05) is 18.7 Å². The average Bonchev–Trinajstić information content (AvgIpc) is 2.93. The van der Waals surface area contributed by atoms with Crippen LogP contribution in [0, 0.1) is 6.92 Å². The van der Waals surface area contributed by atoms with Crippen LogP contribution in [0.2, 0.25) is 0 Å². The van der Waals surface area contributed by atoms with Crippen molar-refractivity contribution in [2.24, 2.45) is 0 Å². The van der Waals surface area contributed by atoms with Gasteiger partial charge in [0.25, 0.3) is 5.91 Å². The van der Waals surface area contributed by atoms with Crippen molar-refractivity contribution in [3.63, 3.8) is 0 Å². The van der Waals surface area contributed by atoms with E-state index in [2.05, 4.69) is 15.8 Å². The molecule has 1 aromatic heterocycles. The van der Waals surface area contributed by atoms with Gasteiger partial charge >= 0.3 is 5.97 Å². The van der Waals surface area contributed by atoms with Crippen molar-refractivity contribution >= 4 is 29.3 Å². The lowest BCUT2D eigenvalue weighted by molar-refractivity contribution is -0.152. The maximum atomic E-state index is 11.9. The van der Waals surface area contributed by atoms with Gasteiger partial charge in [-0.25, -0.2) is 0 Å². The second-order valence-electron chi connectivity index (χ2n) is 5.50. The van der Waals surface area contributed by atoms with E-state index < -0.39 is 18.0 Å². The predicted octanol–water partition coefficient (Wildman–Crippen LogP) is 2.05. The molecule has 0 bridgehead atoms. The van der Waals surface area contributed by atoms with Gasteiger partial charge in [-0.15, -0.1) is 0 Å². The molecule has 0 aliphatic rings. The molecule has 2 rings (SSSR count). The number of hydrogen-bond donors (Lipinski definition) is 2. The number of esters is 1. The SMILES string of the molecule is CC(=O)Nc1ccc(CC(=O)O[C@H](C)C(=O)Nc2cc(C)on2)cc1. The summed E-state index contributed by atoms with van der Waals surface area (Å²) in [5.74, 6) is -0.384. The molecule has 132 valence electrons. The second-order valence-corrected chi connectivity index (χ2v) is 5.50. The predicted molar refractivity (Wildman–Crippen MR) is 89.9 cm³/mol. The topological polar surface area (TPSA) is 111 Å². The molecule has 8 heteroatoms. The lowest BCUT2D eigenvalue weighted by atomic mass is 10.1. The first-order chi connectivity index (χ1) is 11.8. The summed E-state index contributed by atoms with van der Waals surface area (Å²) in [5, 5.41) is 8.77. The van der Waals surface area contributed by atoms with Gasteiger partial charge < -0.3 is 19.9 Å². The Kier molecular flexibility index (Phi) is 5.89. The number of anilines is 2. The van der Waals surface area contributed by atoms with Crippen molar-refractivity contribution in [1.82, 2.24) is 5.16 Å². The van der Waals surface area contributed by atoms with Crippen LogP contribution in [0.25, 0.3) is 0 Å². The largest absolute Gasteiger partial charge is 0.452 e. The summed E-state index contributed by atoms with van der Waals surface area (Å²) in [6, 6.07) is 8.34. The van der Waals surface area contributed by atoms with Gasteiger partial charge in [0.05, 0.1) is 6.42 Å². The van der Waals surface area contributed by atoms with Crippen LogP contribution in [-0.4, -0.2) is 29.0 Å². The number of carbonyl (C=O) groups is 3. The number of benzene rings is 1. The molecule has 0 spiro atoms. The number of aryl methyl sites for hydroxylation is 1. The van der Waals surface area contributed by atoms with Crippen LogP contribution in [0.4, 0.5) is 11.5 Å². The Hall–Kier alpha value is -3.16. The lowest BCUT2D eigenvalue weighted by Crippen LogP contribution is -2.30. The van der Waals surface area contributed by atoms with Gasteiger partial charge in [-0.1, -0.05) is 17.3 Å². The van der Waals surface area contributed by atoms with Gasteiger partial charge in [-0.2, -0.15) is 0 Å². The van der Waals surface area contributed by atoms with E-state index in [0.717, 1.165) is 0 Å². The zero-order valence-electron chi connectivity index (χ0n) is 14.2. The number of nitrogens with zero attached hydrogens (tertiary/aromatic N) is 1. The van der Waals surface area contributed by atoms with Crippen LogP contribution in [0.5, 0.6) is 0 Å². The van der Waals surface area contributed by atoms with Crippen LogP contribution in [0.3, 0.4) is 0 Å². The third kappa shape index (κ3) is 5.76. The van der Waals surface area contributed by atoms with E-state index in [1.807, 2.05) is 0 Å². The van der Waals surface area contributed by atoms with E-state index in [0.29, 0.717) is 17.0 Å². The highest BCUT2D eigenvalue weighted by molar-refractivity contribution is 5.94. The van der Waals surface area contributed by atoms with E-state index in [1.54, 1.807) is 37.3 Å². The number of rotatable bonds is 6. The highest BCUT2D eigenvalue weighted by atomic mass is 16.5. The fraction of sp³-hybridized carbons (Fsp3) is 0.294. The highest BCUT2D eigenvalue weighted by Crippen LogP contribution is 2.12. The minimum absolute atomic E-state index is 0.0149. The van der Waals surface area contributed by atoms with Crippen LogP contribution >= 0.6 is 0 Å². The first-order valence-corrected chi connectivity index (χ1v) is 7.63. The van der Waals surface area contributed by atoms with Crippen molar-refractivity contribution in [3.05, 3.63) is 41.7 Å². The van der Waals surface area contributed by atoms with Gasteiger partial charge in [0.2, 0.25) is 5.91 Å². The number of nitrogens with one attached hydrogen (secondary N) is 2. The Morgan fingerprint density at radius 1 is 1.20 bits per heavy atom. The van der Waals surface area contributed by atoms with E-state index >= 15 is 0 Å². The number of ether oxygens (including phenoxy) is 1. The molecule has 0 radical (unpaired) electrons. The molecular weight excluding hydrogens is 326 g/mol. The van der Waals surface area contributed by atoms with Gasteiger partial charge in [-0.05, 0) is 31.5 Å². The molecule has 0 fully saturated rings. The van der Waals surface area contributed by atoms with Crippen molar-refractivity contribution in [2.45, 2.75) is 33.3 Å². The monoisotopic (exact) mass is 345 g/mol. The first-order valence-electron chi connectivity index (χ1n) is 7.63. The zero-order valence-corrected chi connectivity index (χ0v) is 14.2. The molecule has 1 heterocycles. The molecule has 0 saturated heterocycles. The van der Waals surface area contributed by atoms with E-state index in [-0.39, 0.29) is 18.1 Å².